The second kappa shape index (κ2) is 18.1. The number of allylic oxidation sites excluding steroid dienone is 1. The number of rotatable bonds is 15. The van der Waals surface area contributed by atoms with Gasteiger partial charge in [-0.1, -0.05) is 76.6 Å². The molecule has 24 heavy (non-hydrogen) atoms. The molecular weight excluding hydrogens is 300 g/mol. The number of hydrogen-bond acceptors (Lipinski definition) is 2. The zero-order valence-electron chi connectivity index (χ0n) is 15.4. The zero-order chi connectivity index (χ0) is 17.9. The molecule has 0 aliphatic heterocycles. The molecule has 0 saturated heterocycles. The van der Waals surface area contributed by atoms with Crippen LogP contribution < -0.4 is 0 Å². The smallest absolute Gasteiger partial charge is 0.303 e. The summed E-state index contributed by atoms with van der Waals surface area (Å²) in [5.41, 5.74) is 0. The van der Waals surface area contributed by atoms with Crippen LogP contribution in [0.15, 0.2) is 12.2 Å². The molecule has 0 amide bonds. The molecule has 0 aliphatic carbocycles. The maximum absolute atomic E-state index is 10.4. The maximum atomic E-state index is 10.4. The lowest BCUT2D eigenvalue weighted by Crippen LogP contribution is -2.00. The molecule has 0 bridgehead atoms. The molecule has 1 atom stereocenters. The van der Waals surface area contributed by atoms with E-state index in [2.05, 4.69) is 18.8 Å². The fourth-order valence-corrected chi connectivity index (χ4v) is 2.54. The molecule has 0 aromatic rings. The topological polar surface area (TPSA) is 57.5 Å². The normalized spacial score (nSPS) is 12.1. The summed E-state index contributed by atoms with van der Waals surface area (Å²) in [6.07, 6.45) is 17.8. The molecule has 0 aromatic carbocycles. The van der Waals surface area contributed by atoms with Gasteiger partial charge in [0.25, 0.3) is 0 Å². The Labute approximate surface area is 148 Å². The molecule has 0 saturated carbocycles. The third-order valence-electron chi connectivity index (χ3n) is 4.05. The first kappa shape index (κ1) is 22.7. The summed E-state index contributed by atoms with van der Waals surface area (Å²) in [5.74, 6) is 5.45. The highest BCUT2D eigenvalue weighted by molar-refractivity contribution is 5.66. The summed E-state index contributed by atoms with van der Waals surface area (Å²) in [6.45, 7) is 2.16. The lowest BCUT2D eigenvalue weighted by Gasteiger charge is -2.02. The van der Waals surface area contributed by atoms with Gasteiger partial charge >= 0.3 is 5.97 Å². The Hall–Kier alpha value is -1.27. The first-order valence-electron chi connectivity index (χ1n) is 9.71. The van der Waals surface area contributed by atoms with Crippen LogP contribution in [-0.2, 0) is 4.79 Å². The minimum atomic E-state index is -0.683. The molecular formula is C21H36O3. The van der Waals surface area contributed by atoms with E-state index in [9.17, 15) is 9.90 Å². The van der Waals surface area contributed by atoms with Crippen LogP contribution in [0.3, 0.4) is 0 Å². The van der Waals surface area contributed by atoms with Crippen LogP contribution in [0, 0.1) is 11.8 Å². The Morgan fingerprint density at radius 1 is 0.958 bits per heavy atom. The summed E-state index contributed by atoms with van der Waals surface area (Å²) in [5, 5.41) is 18.2. The van der Waals surface area contributed by atoms with Crippen molar-refractivity contribution in [2.24, 2.45) is 0 Å². The predicted octanol–water partition coefficient (Wildman–Crippen LogP) is 5.47. The largest absolute Gasteiger partial charge is 0.481 e. The van der Waals surface area contributed by atoms with E-state index in [0.29, 0.717) is 6.42 Å². The molecule has 2 N–H and O–H groups in total. The molecule has 0 radical (unpaired) electrons. The summed E-state index contributed by atoms with van der Waals surface area (Å²) >= 11 is 0. The second-order valence-electron chi connectivity index (χ2n) is 6.47. The number of carboxylic acid groups (broad SMARTS) is 1. The minimum Gasteiger partial charge on any atom is -0.481 e. The highest BCUT2D eigenvalue weighted by Gasteiger charge is 1.97. The van der Waals surface area contributed by atoms with Crippen LogP contribution in [0.5, 0.6) is 0 Å². The molecule has 138 valence electrons. The number of aliphatic hydroxyl groups is 1. The molecule has 1 unspecified atom stereocenters. The first-order valence-corrected chi connectivity index (χ1v) is 9.71. The second-order valence-corrected chi connectivity index (χ2v) is 6.47. The average Bonchev–Trinajstić information content (AvgIpc) is 2.55. The Balaban J connectivity index is 3.34. The molecule has 0 heterocycles. The van der Waals surface area contributed by atoms with Crippen LogP contribution in [0.2, 0.25) is 0 Å². The number of aliphatic carboxylic acids is 1. The number of carbonyl (C=O) groups is 1. The van der Waals surface area contributed by atoms with Crippen LogP contribution in [0.1, 0.15) is 96.8 Å². The molecule has 3 heteroatoms. The molecule has 0 aromatic heterocycles. The lowest BCUT2D eigenvalue weighted by atomic mass is 10.1. The van der Waals surface area contributed by atoms with Gasteiger partial charge in [0, 0.05) is 12.8 Å². The van der Waals surface area contributed by atoms with Crippen molar-refractivity contribution in [2.45, 2.75) is 103 Å². The van der Waals surface area contributed by atoms with E-state index < -0.39 is 5.97 Å². The third-order valence-corrected chi connectivity index (χ3v) is 4.05. The van der Waals surface area contributed by atoms with E-state index in [0.717, 1.165) is 44.9 Å². The highest BCUT2D eigenvalue weighted by Crippen LogP contribution is 2.10. The van der Waals surface area contributed by atoms with Crippen LogP contribution in [-0.4, -0.2) is 22.3 Å². The standard InChI is InChI=1S/C21H36O3/c1-2-3-14-17-20(22)18-15-12-10-8-6-4-5-7-9-11-13-16-19-21(23)24/h15,18,20,22H,2-9,11,13-14,16-17,19H2,1H3,(H,23,24)/b18-15+. The number of unbranched alkanes of at least 4 members (excludes halogenated alkanes) is 10. The molecule has 0 fully saturated rings. The number of carboxylic acids is 1. The van der Waals surface area contributed by atoms with E-state index in [1.54, 1.807) is 12.2 Å². The van der Waals surface area contributed by atoms with Gasteiger partial charge in [0.1, 0.15) is 0 Å². The quantitative estimate of drug-likeness (QED) is 0.308. The van der Waals surface area contributed by atoms with E-state index in [1.807, 2.05) is 0 Å². The van der Waals surface area contributed by atoms with Crippen molar-refractivity contribution in [3.63, 3.8) is 0 Å². The van der Waals surface area contributed by atoms with Gasteiger partial charge in [0.2, 0.25) is 0 Å². The summed E-state index contributed by atoms with van der Waals surface area (Å²) < 4.78 is 0. The zero-order valence-corrected chi connectivity index (χ0v) is 15.4. The van der Waals surface area contributed by atoms with Crippen LogP contribution in [0.25, 0.3) is 0 Å². The van der Waals surface area contributed by atoms with E-state index >= 15 is 0 Å². The van der Waals surface area contributed by atoms with E-state index in [-0.39, 0.29) is 6.10 Å². The Kier molecular flexibility index (Phi) is 17.1. The van der Waals surface area contributed by atoms with E-state index in [1.165, 1.54) is 38.5 Å². The van der Waals surface area contributed by atoms with Crippen molar-refractivity contribution in [3.05, 3.63) is 12.2 Å². The first-order chi connectivity index (χ1) is 11.7. The lowest BCUT2D eigenvalue weighted by molar-refractivity contribution is -0.137. The minimum absolute atomic E-state index is 0.308. The van der Waals surface area contributed by atoms with Gasteiger partial charge in [-0.3, -0.25) is 4.79 Å². The third kappa shape index (κ3) is 18.8. The van der Waals surface area contributed by atoms with E-state index in [4.69, 9.17) is 5.11 Å². The van der Waals surface area contributed by atoms with Crippen molar-refractivity contribution < 1.29 is 15.0 Å². The summed E-state index contributed by atoms with van der Waals surface area (Å²) in [6, 6.07) is 0. The molecule has 0 spiro atoms. The Bertz CT molecular complexity index is 376. The van der Waals surface area contributed by atoms with Gasteiger partial charge in [-0.15, -0.1) is 0 Å². The summed E-state index contributed by atoms with van der Waals surface area (Å²) in [4.78, 5) is 10.4. The van der Waals surface area contributed by atoms with Gasteiger partial charge in [-0.05, 0) is 31.4 Å². The molecule has 3 nitrogen and oxygen atoms in total. The van der Waals surface area contributed by atoms with Gasteiger partial charge in [-0.2, -0.15) is 0 Å². The van der Waals surface area contributed by atoms with Crippen molar-refractivity contribution in [3.8, 4) is 11.8 Å². The fourth-order valence-electron chi connectivity index (χ4n) is 2.54. The Morgan fingerprint density at radius 3 is 2.21 bits per heavy atom. The predicted molar refractivity (Wildman–Crippen MR) is 101 cm³/mol. The van der Waals surface area contributed by atoms with Crippen molar-refractivity contribution >= 4 is 5.97 Å². The number of aliphatic hydroxyl groups excluding tert-OH is 1. The van der Waals surface area contributed by atoms with Crippen LogP contribution in [0.4, 0.5) is 0 Å². The average molecular weight is 337 g/mol. The maximum Gasteiger partial charge on any atom is 0.303 e. The van der Waals surface area contributed by atoms with Gasteiger partial charge in [0.05, 0.1) is 6.10 Å². The van der Waals surface area contributed by atoms with Crippen molar-refractivity contribution in [1.29, 1.82) is 0 Å². The molecule has 0 rings (SSSR count). The van der Waals surface area contributed by atoms with Gasteiger partial charge in [0.15, 0.2) is 0 Å². The monoisotopic (exact) mass is 336 g/mol. The Morgan fingerprint density at radius 2 is 1.58 bits per heavy atom. The van der Waals surface area contributed by atoms with Gasteiger partial charge in [-0.25, -0.2) is 0 Å². The molecule has 0 aliphatic rings. The van der Waals surface area contributed by atoms with Crippen molar-refractivity contribution in [1.82, 2.24) is 0 Å². The SMILES string of the molecule is CCCCCC(O)/C=C/C#CCCCCCCCCCCC(=O)O. The van der Waals surface area contributed by atoms with Crippen molar-refractivity contribution in [2.75, 3.05) is 0 Å². The highest BCUT2D eigenvalue weighted by atomic mass is 16.4. The number of hydrogen-bond donors (Lipinski definition) is 2. The fraction of sp³-hybridized carbons (Fsp3) is 0.762. The summed E-state index contributed by atoms with van der Waals surface area (Å²) in [7, 11) is 0. The van der Waals surface area contributed by atoms with Gasteiger partial charge < -0.3 is 10.2 Å². The van der Waals surface area contributed by atoms with Crippen LogP contribution >= 0.6 is 0 Å².